The van der Waals surface area contributed by atoms with Crippen LogP contribution in [0.5, 0.6) is 0 Å². The molecule has 0 aromatic rings. The maximum Gasteiger partial charge on any atom is 0.306 e. The first kappa shape index (κ1) is 21.0. The highest BCUT2D eigenvalue weighted by Crippen LogP contribution is 2.38. The van der Waals surface area contributed by atoms with Gasteiger partial charge in [-0.2, -0.15) is 0 Å². The molecule has 2 heterocycles. The van der Waals surface area contributed by atoms with Crippen molar-refractivity contribution >= 4 is 49.2 Å². The summed E-state index contributed by atoms with van der Waals surface area (Å²) in [5.74, 6) is -0.312. The molecule has 0 spiro atoms. The van der Waals surface area contributed by atoms with E-state index < -0.39 is 0 Å². The van der Waals surface area contributed by atoms with Gasteiger partial charge in [0, 0.05) is 62.9 Å². The highest BCUT2D eigenvalue weighted by Gasteiger charge is 2.45. The summed E-state index contributed by atoms with van der Waals surface area (Å²) in [5, 5.41) is 0. The Bertz CT molecular complexity index is 458. The molecule has 6 atom stereocenters. The van der Waals surface area contributed by atoms with Crippen LogP contribution in [0.4, 0.5) is 0 Å². The van der Waals surface area contributed by atoms with E-state index in [1.54, 1.807) is 0 Å². The quantitative estimate of drug-likeness (QED) is 0.192. The smallest absolute Gasteiger partial charge is 0.306 e. The number of halogens is 2. The lowest BCUT2D eigenvalue weighted by Gasteiger charge is -2.20. The Morgan fingerprint density at radius 1 is 0.731 bits per heavy atom. The van der Waals surface area contributed by atoms with Crippen molar-refractivity contribution in [3.05, 3.63) is 0 Å². The standard InChI is InChI=1S/C18H26O6.I2/c19-17(21-11-5-7-13-15(9-11)23-13)3-1-2-4-18(20)22-12-6-8-14-16(10-12)24-14;1-2/h11-16H,1-10H2;. The number of carbonyl (C=O) groups is 2. The number of hydrogen-bond acceptors (Lipinski definition) is 6. The lowest BCUT2D eigenvalue weighted by atomic mass is 9.98. The Labute approximate surface area is 177 Å². The van der Waals surface area contributed by atoms with Crippen molar-refractivity contribution in [1.82, 2.24) is 0 Å². The monoisotopic (exact) mass is 592 g/mol. The van der Waals surface area contributed by atoms with E-state index in [1.807, 2.05) is 0 Å². The van der Waals surface area contributed by atoms with Crippen molar-refractivity contribution < 1.29 is 28.5 Å². The fourth-order valence-corrected chi connectivity index (χ4v) is 3.98. The molecular weight excluding hydrogens is 566 g/mol. The van der Waals surface area contributed by atoms with Crippen LogP contribution < -0.4 is 0 Å². The number of rotatable bonds is 7. The normalized spacial score (nSPS) is 36.5. The first-order chi connectivity index (χ1) is 12.7. The molecule has 0 N–H and O–H groups in total. The summed E-state index contributed by atoms with van der Waals surface area (Å²) in [6, 6.07) is 0. The minimum Gasteiger partial charge on any atom is -0.462 e. The fraction of sp³-hybridized carbons (Fsp3) is 0.889. The van der Waals surface area contributed by atoms with Crippen molar-refractivity contribution in [3.63, 3.8) is 0 Å². The molecule has 0 bridgehead atoms. The van der Waals surface area contributed by atoms with Crippen LogP contribution in [-0.4, -0.2) is 48.6 Å². The molecule has 6 unspecified atom stereocenters. The van der Waals surface area contributed by atoms with Gasteiger partial charge in [-0.15, -0.1) is 0 Å². The number of unbranched alkanes of at least 4 members (excludes halogenated alkanes) is 1. The topological polar surface area (TPSA) is 77.7 Å². The molecule has 2 aliphatic carbocycles. The lowest BCUT2D eigenvalue weighted by Crippen LogP contribution is -2.25. The summed E-state index contributed by atoms with van der Waals surface area (Å²) < 4.78 is 21.8. The first-order valence-corrected chi connectivity index (χ1v) is 15.8. The van der Waals surface area contributed by atoms with Crippen molar-refractivity contribution in [2.75, 3.05) is 0 Å². The third-order valence-electron chi connectivity index (χ3n) is 5.52. The molecule has 4 aliphatic rings. The van der Waals surface area contributed by atoms with E-state index in [1.165, 1.54) is 0 Å². The summed E-state index contributed by atoms with van der Waals surface area (Å²) in [5.41, 5.74) is 0. The zero-order chi connectivity index (χ0) is 18.5. The fourth-order valence-electron chi connectivity index (χ4n) is 3.98. The Balaban J connectivity index is 0.000000948. The van der Waals surface area contributed by atoms with Crippen LogP contribution in [0.2, 0.25) is 0 Å². The molecule has 148 valence electrons. The van der Waals surface area contributed by atoms with Gasteiger partial charge in [0.25, 0.3) is 0 Å². The molecule has 0 amide bonds. The second-order valence-corrected chi connectivity index (χ2v) is 7.48. The van der Waals surface area contributed by atoms with Gasteiger partial charge in [0.2, 0.25) is 0 Å². The van der Waals surface area contributed by atoms with Gasteiger partial charge in [-0.25, -0.2) is 0 Å². The van der Waals surface area contributed by atoms with Gasteiger partial charge in [-0.1, -0.05) is 0 Å². The van der Waals surface area contributed by atoms with Crippen LogP contribution in [0.3, 0.4) is 0 Å². The molecular formula is C18H26I2O6. The second-order valence-electron chi connectivity index (χ2n) is 7.48. The Morgan fingerprint density at radius 2 is 1.15 bits per heavy atom. The molecule has 0 aromatic carbocycles. The first-order valence-electron chi connectivity index (χ1n) is 9.51. The second kappa shape index (κ2) is 10.2. The Hall–Kier alpha value is 0.320. The zero-order valence-corrected chi connectivity index (χ0v) is 19.1. The molecule has 6 nitrogen and oxygen atoms in total. The zero-order valence-electron chi connectivity index (χ0n) is 14.7. The number of esters is 2. The largest absolute Gasteiger partial charge is 0.462 e. The average Bonchev–Trinajstić information content (AvgIpc) is 3.54. The maximum absolute atomic E-state index is 11.8. The minimum absolute atomic E-state index is 0.0194. The van der Waals surface area contributed by atoms with Gasteiger partial charge in [0.05, 0.1) is 24.4 Å². The molecule has 4 rings (SSSR count). The van der Waals surface area contributed by atoms with E-state index >= 15 is 0 Å². The highest BCUT2D eigenvalue weighted by molar-refractivity contribution is 15.0. The minimum atomic E-state index is -0.156. The van der Waals surface area contributed by atoms with Crippen molar-refractivity contribution in [1.29, 1.82) is 0 Å². The number of ether oxygens (including phenoxy) is 4. The number of hydrogen-bond donors (Lipinski definition) is 0. The van der Waals surface area contributed by atoms with Gasteiger partial charge in [0.1, 0.15) is 12.2 Å². The average molecular weight is 592 g/mol. The maximum atomic E-state index is 11.8. The predicted octanol–water partition coefficient (Wildman–Crippen LogP) is 4.04. The summed E-state index contributed by atoms with van der Waals surface area (Å²) in [7, 11) is 0. The van der Waals surface area contributed by atoms with E-state index in [-0.39, 0.29) is 24.1 Å². The molecule has 0 radical (unpaired) electrons. The highest BCUT2D eigenvalue weighted by atomic mass is 128. The predicted molar refractivity (Wildman–Crippen MR) is 111 cm³/mol. The van der Waals surface area contributed by atoms with E-state index in [4.69, 9.17) is 18.9 Å². The SMILES string of the molecule is II.O=C(CCCCC(=O)OC1CCC2OC2C1)OC1CCC2OC2C1. The molecule has 2 aliphatic heterocycles. The van der Waals surface area contributed by atoms with Crippen LogP contribution in [0.1, 0.15) is 64.2 Å². The summed E-state index contributed by atoms with van der Waals surface area (Å²) >= 11 is 4.24. The third-order valence-corrected chi connectivity index (χ3v) is 5.52. The third kappa shape index (κ3) is 6.44. The van der Waals surface area contributed by atoms with Crippen LogP contribution in [-0.2, 0) is 28.5 Å². The van der Waals surface area contributed by atoms with Gasteiger partial charge in [-0.3, -0.25) is 9.59 Å². The summed E-state index contributed by atoms with van der Waals surface area (Å²) in [4.78, 5) is 23.7. The van der Waals surface area contributed by atoms with Gasteiger partial charge in [-0.05, 0) is 38.5 Å². The van der Waals surface area contributed by atoms with Crippen molar-refractivity contribution in [2.24, 2.45) is 0 Å². The summed E-state index contributed by atoms with van der Waals surface area (Å²) in [6.45, 7) is 0. The van der Waals surface area contributed by atoms with E-state index in [0.717, 1.165) is 38.5 Å². The lowest BCUT2D eigenvalue weighted by molar-refractivity contribution is -0.152. The van der Waals surface area contributed by atoms with Crippen LogP contribution in [0.15, 0.2) is 0 Å². The molecule has 0 aromatic heterocycles. The van der Waals surface area contributed by atoms with Crippen LogP contribution in [0, 0.1) is 0 Å². The summed E-state index contributed by atoms with van der Waals surface area (Å²) in [6.07, 6.45) is 9.12. The molecule has 26 heavy (non-hydrogen) atoms. The van der Waals surface area contributed by atoms with Gasteiger partial charge < -0.3 is 18.9 Å². The van der Waals surface area contributed by atoms with Crippen LogP contribution in [0.25, 0.3) is 0 Å². The number of epoxide rings is 2. The molecule has 2 saturated carbocycles. The van der Waals surface area contributed by atoms with Crippen molar-refractivity contribution in [3.8, 4) is 0 Å². The van der Waals surface area contributed by atoms with E-state index in [2.05, 4.69) is 37.2 Å². The molecule has 2 saturated heterocycles. The van der Waals surface area contributed by atoms with E-state index in [9.17, 15) is 9.59 Å². The molecule has 8 heteroatoms. The molecule has 4 fully saturated rings. The van der Waals surface area contributed by atoms with E-state index in [0.29, 0.717) is 50.1 Å². The van der Waals surface area contributed by atoms with Gasteiger partial charge >= 0.3 is 11.9 Å². The number of fused-ring (bicyclic) bond motifs is 2. The number of carbonyl (C=O) groups excluding carboxylic acids is 2. The van der Waals surface area contributed by atoms with Gasteiger partial charge in [0.15, 0.2) is 0 Å². The Morgan fingerprint density at radius 3 is 1.54 bits per heavy atom. The Kier molecular flexibility index (Phi) is 8.25. The van der Waals surface area contributed by atoms with Crippen molar-refractivity contribution in [2.45, 2.75) is 101 Å². The van der Waals surface area contributed by atoms with Crippen LogP contribution >= 0.6 is 37.2 Å².